The van der Waals surface area contributed by atoms with E-state index in [0.717, 1.165) is 44.9 Å². The molecule has 0 aromatic heterocycles. The van der Waals surface area contributed by atoms with Crippen LogP contribution in [-0.4, -0.2) is 42.3 Å². The molecule has 7 nitrogen and oxygen atoms in total. The van der Waals surface area contributed by atoms with Crippen LogP contribution in [0.5, 0.6) is 0 Å². The van der Waals surface area contributed by atoms with Gasteiger partial charge in [0.25, 0.3) is 0 Å². The number of esters is 2. The minimum atomic E-state index is -3.78. The molecule has 0 saturated carbocycles. The molecular weight excluding hydrogens is 611 g/mol. The van der Waals surface area contributed by atoms with Crippen LogP contribution in [0.4, 0.5) is 0 Å². The minimum Gasteiger partial charge on any atom is -0.462 e. The highest BCUT2D eigenvalue weighted by molar-refractivity contribution is 7.52. The first-order valence-electron chi connectivity index (χ1n) is 20.2. The van der Waals surface area contributed by atoms with E-state index < -0.39 is 13.7 Å². The van der Waals surface area contributed by atoms with Crippen molar-refractivity contribution in [3.05, 3.63) is 0 Å². The lowest BCUT2D eigenvalue weighted by atomic mass is 10.0. The van der Waals surface area contributed by atoms with Crippen LogP contribution in [-0.2, 0) is 28.2 Å². The third-order valence-electron chi connectivity index (χ3n) is 8.95. The van der Waals surface area contributed by atoms with Crippen molar-refractivity contribution >= 4 is 19.5 Å². The molecule has 0 fully saturated rings. The van der Waals surface area contributed by atoms with Crippen LogP contribution in [0.25, 0.3) is 0 Å². The Kier molecular flexibility index (Phi) is 34.3. The predicted octanol–water partition coefficient (Wildman–Crippen LogP) is 12.4. The quantitative estimate of drug-likeness (QED) is 0.0394. The summed E-state index contributed by atoms with van der Waals surface area (Å²) in [5.74, 6) is -0.709. The van der Waals surface area contributed by atoms with Gasteiger partial charge in [0.05, 0.1) is 6.61 Å². The molecule has 0 bridgehead atoms. The largest absolute Gasteiger partial charge is 0.462 e. The van der Waals surface area contributed by atoms with Gasteiger partial charge in [0.15, 0.2) is 6.10 Å². The van der Waals surface area contributed by atoms with E-state index in [9.17, 15) is 19.0 Å². The SMILES string of the molecule is CCCCCCCCCCCCCCCC(=O)OC[C@H](COP(=O)(O)CCCC)OC(=O)CCCCCCCCCCCCCCC. The molecule has 0 saturated heterocycles. The number of ether oxygens (including phenoxy) is 2. The van der Waals surface area contributed by atoms with E-state index in [1.54, 1.807) is 0 Å². The predicted molar refractivity (Wildman–Crippen MR) is 197 cm³/mol. The summed E-state index contributed by atoms with van der Waals surface area (Å²) in [4.78, 5) is 35.0. The van der Waals surface area contributed by atoms with Crippen molar-refractivity contribution < 1.29 is 33.0 Å². The van der Waals surface area contributed by atoms with Crippen molar-refractivity contribution in [1.29, 1.82) is 0 Å². The molecule has 0 aliphatic heterocycles. The Hall–Kier alpha value is -0.910. The van der Waals surface area contributed by atoms with Crippen LogP contribution >= 0.6 is 7.60 Å². The Morgan fingerprint density at radius 1 is 0.489 bits per heavy atom. The Labute approximate surface area is 291 Å². The summed E-state index contributed by atoms with van der Waals surface area (Å²) in [5.41, 5.74) is 0. The van der Waals surface area contributed by atoms with Crippen molar-refractivity contribution in [2.75, 3.05) is 19.4 Å². The molecule has 0 heterocycles. The number of carbonyl (C=O) groups is 2. The van der Waals surface area contributed by atoms with Gasteiger partial charge in [-0.2, -0.15) is 0 Å². The maximum absolute atomic E-state index is 12.6. The first-order valence-corrected chi connectivity index (χ1v) is 21.9. The summed E-state index contributed by atoms with van der Waals surface area (Å²) in [5, 5.41) is 0. The van der Waals surface area contributed by atoms with Gasteiger partial charge in [0.1, 0.15) is 6.61 Å². The first kappa shape index (κ1) is 46.1. The lowest BCUT2D eigenvalue weighted by Crippen LogP contribution is -2.29. The van der Waals surface area contributed by atoms with Gasteiger partial charge < -0.3 is 18.9 Å². The van der Waals surface area contributed by atoms with Gasteiger partial charge in [-0.1, -0.05) is 181 Å². The summed E-state index contributed by atoms with van der Waals surface area (Å²) in [6.07, 6.45) is 33.3. The Morgan fingerprint density at radius 3 is 1.21 bits per heavy atom. The van der Waals surface area contributed by atoms with Gasteiger partial charge in [0, 0.05) is 19.0 Å². The van der Waals surface area contributed by atoms with Crippen LogP contribution in [0.1, 0.15) is 213 Å². The van der Waals surface area contributed by atoms with Crippen molar-refractivity contribution in [1.82, 2.24) is 0 Å². The highest BCUT2D eigenvalue weighted by Crippen LogP contribution is 2.42. The average Bonchev–Trinajstić information content (AvgIpc) is 3.05. The van der Waals surface area contributed by atoms with Crippen LogP contribution in [0, 0.1) is 0 Å². The van der Waals surface area contributed by atoms with E-state index >= 15 is 0 Å². The highest BCUT2D eigenvalue weighted by Gasteiger charge is 2.24. The topological polar surface area (TPSA) is 99.1 Å². The van der Waals surface area contributed by atoms with E-state index in [4.69, 9.17) is 14.0 Å². The minimum absolute atomic E-state index is 0.0575. The zero-order valence-corrected chi connectivity index (χ0v) is 32.2. The molecule has 1 N–H and O–H groups in total. The molecule has 8 heteroatoms. The fourth-order valence-corrected chi connectivity index (χ4v) is 7.06. The molecular formula is C39H77O7P. The number of unbranched alkanes of at least 4 members (excludes halogenated alkanes) is 25. The Balaban J connectivity index is 4.18. The Bertz CT molecular complexity index is 745. The number of hydrogen-bond donors (Lipinski definition) is 1. The van der Waals surface area contributed by atoms with Crippen LogP contribution in [0.15, 0.2) is 0 Å². The third-order valence-corrected chi connectivity index (χ3v) is 10.4. The summed E-state index contributed by atoms with van der Waals surface area (Å²) < 4.78 is 28.6. The van der Waals surface area contributed by atoms with E-state index in [-0.39, 0.29) is 37.7 Å². The second kappa shape index (κ2) is 34.9. The fourth-order valence-electron chi connectivity index (χ4n) is 5.82. The maximum atomic E-state index is 12.6. The molecule has 0 aliphatic carbocycles. The number of rotatable bonds is 37. The van der Waals surface area contributed by atoms with Crippen molar-refractivity contribution in [3.63, 3.8) is 0 Å². The smallest absolute Gasteiger partial charge is 0.328 e. The van der Waals surface area contributed by atoms with Gasteiger partial charge in [0.2, 0.25) is 0 Å². The lowest BCUT2D eigenvalue weighted by molar-refractivity contribution is -0.161. The van der Waals surface area contributed by atoms with E-state index in [0.29, 0.717) is 12.8 Å². The van der Waals surface area contributed by atoms with Gasteiger partial charge in [-0.15, -0.1) is 0 Å². The van der Waals surface area contributed by atoms with Gasteiger partial charge in [-0.3, -0.25) is 14.2 Å². The fraction of sp³-hybridized carbons (Fsp3) is 0.949. The molecule has 2 atom stereocenters. The van der Waals surface area contributed by atoms with Crippen LogP contribution in [0.3, 0.4) is 0 Å². The van der Waals surface area contributed by atoms with E-state index in [2.05, 4.69) is 13.8 Å². The molecule has 0 aromatic carbocycles. The zero-order chi connectivity index (χ0) is 34.7. The molecule has 0 radical (unpaired) electrons. The molecule has 0 aromatic rings. The highest BCUT2D eigenvalue weighted by atomic mass is 31.2. The van der Waals surface area contributed by atoms with Crippen LogP contribution in [0.2, 0.25) is 0 Å². The molecule has 1 unspecified atom stereocenters. The zero-order valence-electron chi connectivity index (χ0n) is 31.3. The summed E-state index contributed by atoms with van der Waals surface area (Å²) in [6.45, 7) is 6.04. The van der Waals surface area contributed by atoms with E-state index in [1.807, 2.05) is 6.92 Å². The summed E-state index contributed by atoms with van der Waals surface area (Å²) >= 11 is 0. The molecule has 47 heavy (non-hydrogen) atoms. The summed E-state index contributed by atoms with van der Waals surface area (Å²) in [7, 11) is -3.78. The second-order valence-corrected chi connectivity index (χ2v) is 15.8. The molecule has 0 amide bonds. The van der Waals surface area contributed by atoms with Crippen LogP contribution < -0.4 is 0 Å². The number of hydrogen-bond acceptors (Lipinski definition) is 6. The normalized spacial score (nSPS) is 13.4. The molecule has 0 rings (SSSR count). The van der Waals surface area contributed by atoms with Gasteiger partial charge in [-0.25, -0.2) is 0 Å². The van der Waals surface area contributed by atoms with Crippen molar-refractivity contribution in [3.8, 4) is 0 Å². The number of carbonyl (C=O) groups excluding carboxylic acids is 2. The van der Waals surface area contributed by atoms with Gasteiger partial charge in [-0.05, 0) is 19.3 Å². The standard InChI is InChI=1S/C39H77O7P/c1-4-7-10-12-14-16-18-20-22-24-26-28-30-32-38(40)44-35-37(36-45-47(42,43)34-9-6-3)46-39(41)33-31-29-27-25-23-21-19-17-15-13-11-8-5-2/h37H,4-36H2,1-3H3,(H,42,43)/t37-/m1/s1. The monoisotopic (exact) mass is 689 g/mol. The molecule has 0 aliphatic rings. The van der Waals surface area contributed by atoms with E-state index in [1.165, 1.54) is 128 Å². The first-order chi connectivity index (χ1) is 22.8. The average molecular weight is 689 g/mol. The maximum Gasteiger partial charge on any atom is 0.328 e. The summed E-state index contributed by atoms with van der Waals surface area (Å²) in [6, 6.07) is 0. The van der Waals surface area contributed by atoms with Gasteiger partial charge >= 0.3 is 19.5 Å². The Morgan fingerprint density at radius 2 is 0.830 bits per heavy atom. The van der Waals surface area contributed by atoms with Crippen molar-refractivity contribution in [2.24, 2.45) is 0 Å². The molecule has 0 spiro atoms. The van der Waals surface area contributed by atoms with Crippen molar-refractivity contribution in [2.45, 2.75) is 219 Å². The molecule has 280 valence electrons. The lowest BCUT2D eigenvalue weighted by Gasteiger charge is -2.20. The third kappa shape index (κ3) is 34.7. The second-order valence-electron chi connectivity index (χ2n) is 13.8.